The Morgan fingerprint density at radius 2 is 2.04 bits per heavy atom. The second-order valence-corrected chi connectivity index (χ2v) is 5.71. The van der Waals surface area contributed by atoms with Crippen LogP contribution in [0, 0.1) is 6.92 Å². The summed E-state index contributed by atoms with van der Waals surface area (Å²) < 4.78 is 10.3. The Bertz CT molecular complexity index is 692. The zero-order valence-electron chi connectivity index (χ0n) is 13.3. The summed E-state index contributed by atoms with van der Waals surface area (Å²) in [6, 6.07) is 6.97. The molecule has 0 unspecified atom stereocenters. The zero-order valence-corrected chi connectivity index (χ0v) is 13.3. The van der Waals surface area contributed by atoms with Crippen LogP contribution in [0.3, 0.4) is 0 Å². The minimum Gasteiger partial charge on any atom is -0.495 e. The molecular formula is C16H20N4O3. The van der Waals surface area contributed by atoms with E-state index in [1.54, 1.807) is 26.2 Å². The molecule has 23 heavy (non-hydrogen) atoms. The monoisotopic (exact) mass is 316 g/mol. The van der Waals surface area contributed by atoms with Gasteiger partial charge in [0.05, 0.1) is 12.8 Å². The maximum absolute atomic E-state index is 12.5. The first-order valence-corrected chi connectivity index (χ1v) is 7.66. The molecule has 0 atom stereocenters. The summed E-state index contributed by atoms with van der Waals surface area (Å²) in [4.78, 5) is 16.8. The van der Waals surface area contributed by atoms with Crippen LogP contribution in [0.1, 0.15) is 37.4 Å². The highest BCUT2D eigenvalue weighted by Crippen LogP contribution is 2.37. The van der Waals surface area contributed by atoms with Crippen LogP contribution < -0.4 is 15.4 Å². The van der Waals surface area contributed by atoms with Gasteiger partial charge in [0.2, 0.25) is 5.89 Å². The number of hydrogen-bond acceptors (Lipinski definition) is 5. The summed E-state index contributed by atoms with van der Waals surface area (Å²) >= 11 is 0. The number of anilines is 1. The minimum absolute atomic E-state index is 0.307. The summed E-state index contributed by atoms with van der Waals surface area (Å²) in [7, 11) is 1.57. The number of nitrogens with one attached hydrogen (secondary N) is 2. The van der Waals surface area contributed by atoms with Crippen molar-refractivity contribution in [1.29, 1.82) is 0 Å². The third kappa shape index (κ3) is 3.13. The standard InChI is InChI=1S/C16H20N4O3/c1-11-17-14(20-23-11)16(9-5-6-10-16)19-15(21)18-12-7-3-4-8-13(12)22-2/h3-4,7-8H,5-6,9-10H2,1-2H3,(H2,18,19,21). The first-order chi connectivity index (χ1) is 11.1. The fourth-order valence-corrected chi connectivity index (χ4v) is 3.00. The number of urea groups is 1. The molecule has 0 aliphatic heterocycles. The van der Waals surface area contributed by atoms with E-state index in [9.17, 15) is 4.79 Å². The Kier molecular flexibility index (Phi) is 4.18. The first-order valence-electron chi connectivity index (χ1n) is 7.66. The third-order valence-electron chi connectivity index (χ3n) is 4.12. The smallest absolute Gasteiger partial charge is 0.320 e. The topological polar surface area (TPSA) is 89.3 Å². The fraction of sp³-hybridized carbons (Fsp3) is 0.438. The minimum atomic E-state index is -0.566. The van der Waals surface area contributed by atoms with Crippen LogP contribution in [0.4, 0.5) is 10.5 Å². The van der Waals surface area contributed by atoms with Gasteiger partial charge < -0.3 is 19.9 Å². The molecule has 2 N–H and O–H groups in total. The predicted molar refractivity (Wildman–Crippen MR) is 84.3 cm³/mol. The molecule has 1 heterocycles. The van der Waals surface area contributed by atoms with Crippen LogP contribution in [0.2, 0.25) is 0 Å². The van der Waals surface area contributed by atoms with Crippen LogP contribution in [0.5, 0.6) is 5.75 Å². The number of hydrogen-bond donors (Lipinski definition) is 2. The Balaban J connectivity index is 1.77. The Hall–Kier alpha value is -2.57. The van der Waals surface area contributed by atoms with E-state index in [0.717, 1.165) is 25.7 Å². The molecule has 2 aromatic rings. The van der Waals surface area contributed by atoms with Crippen molar-refractivity contribution in [3.63, 3.8) is 0 Å². The van der Waals surface area contributed by atoms with Crippen LogP contribution >= 0.6 is 0 Å². The average molecular weight is 316 g/mol. The summed E-state index contributed by atoms with van der Waals surface area (Å²) in [5.41, 5.74) is 0.0501. The molecule has 2 amide bonds. The molecule has 1 aliphatic carbocycles. The number of rotatable bonds is 4. The lowest BCUT2D eigenvalue weighted by Crippen LogP contribution is -2.46. The van der Waals surface area contributed by atoms with Crippen molar-refractivity contribution in [2.75, 3.05) is 12.4 Å². The molecule has 3 rings (SSSR count). The largest absolute Gasteiger partial charge is 0.495 e. The Morgan fingerprint density at radius 3 is 2.70 bits per heavy atom. The van der Waals surface area contributed by atoms with Gasteiger partial charge in [0.25, 0.3) is 0 Å². The van der Waals surface area contributed by atoms with Gasteiger partial charge in [0, 0.05) is 6.92 Å². The molecule has 1 fully saturated rings. The van der Waals surface area contributed by atoms with E-state index >= 15 is 0 Å². The first kappa shape index (κ1) is 15.3. The van der Waals surface area contributed by atoms with Crippen molar-refractivity contribution in [3.8, 4) is 5.75 Å². The average Bonchev–Trinajstić information content (AvgIpc) is 3.18. The molecule has 0 spiro atoms. The van der Waals surface area contributed by atoms with Crippen molar-refractivity contribution in [3.05, 3.63) is 36.0 Å². The highest BCUT2D eigenvalue weighted by Gasteiger charge is 2.41. The van der Waals surface area contributed by atoms with Crippen LogP contribution in [-0.4, -0.2) is 23.3 Å². The Labute approximate surface area is 134 Å². The number of carbonyl (C=O) groups is 1. The van der Waals surface area contributed by atoms with Gasteiger partial charge in [-0.15, -0.1) is 0 Å². The molecule has 1 aromatic carbocycles. The number of para-hydroxylation sites is 2. The van der Waals surface area contributed by atoms with E-state index < -0.39 is 5.54 Å². The molecule has 7 nitrogen and oxygen atoms in total. The second kappa shape index (κ2) is 6.28. The van der Waals surface area contributed by atoms with Gasteiger partial charge in [-0.05, 0) is 25.0 Å². The lowest BCUT2D eigenvalue weighted by atomic mass is 9.97. The van der Waals surface area contributed by atoms with E-state index in [1.807, 2.05) is 12.1 Å². The molecule has 0 saturated heterocycles. The van der Waals surface area contributed by atoms with Crippen molar-refractivity contribution >= 4 is 11.7 Å². The van der Waals surface area contributed by atoms with E-state index in [-0.39, 0.29) is 6.03 Å². The van der Waals surface area contributed by atoms with E-state index in [2.05, 4.69) is 20.8 Å². The van der Waals surface area contributed by atoms with Crippen LogP contribution in [-0.2, 0) is 5.54 Å². The van der Waals surface area contributed by atoms with Crippen LogP contribution in [0.25, 0.3) is 0 Å². The number of aromatic nitrogens is 2. The molecule has 122 valence electrons. The van der Waals surface area contributed by atoms with Crippen molar-refractivity contribution in [1.82, 2.24) is 15.5 Å². The maximum atomic E-state index is 12.5. The van der Waals surface area contributed by atoms with Gasteiger partial charge in [-0.1, -0.05) is 30.1 Å². The molecule has 1 aromatic heterocycles. The molecule has 7 heteroatoms. The van der Waals surface area contributed by atoms with Gasteiger partial charge in [-0.3, -0.25) is 0 Å². The molecule has 0 bridgehead atoms. The molecule has 0 radical (unpaired) electrons. The van der Waals surface area contributed by atoms with Gasteiger partial charge in [0.15, 0.2) is 5.82 Å². The number of carbonyl (C=O) groups excluding carboxylic acids is 1. The highest BCUT2D eigenvalue weighted by molar-refractivity contribution is 5.91. The molecular weight excluding hydrogens is 296 g/mol. The predicted octanol–water partition coefficient (Wildman–Crippen LogP) is 2.98. The number of amides is 2. The fourth-order valence-electron chi connectivity index (χ4n) is 3.00. The second-order valence-electron chi connectivity index (χ2n) is 5.71. The van der Waals surface area contributed by atoms with E-state index in [1.165, 1.54) is 0 Å². The summed E-state index contributed by atoms with van der Waals surface area (Å²) in [6.45, 7) is 1.74. The van der Waals surface area contributed by atoms with Crippen molar-refractivity contribution < 1.29 is 14.1 Å². The molecule has 1 saturated carbocycles. The van der Waals surface area contributed by atoms with Crippen molar-refractivity contribution in [2.45, 2.75) is 38.1 Å². The zero-order chi connectivity index (χ0) is 16.3. The van der Waals surface area contributed by atoms with Gasteiger partial charge in [0.1, 0.15) is 11.3 Å². The summed E-state index contributed by atoms with van der Waals surface area (Å²) in [5, 5.41) is 9.87. The van der Waals surface area contributed by atoms with E-state index in [4.69, 9.17) is 9.26 Å². The number of benzene rings is 1. The normalized spacial score (nSPS) is 16.1. The number of aryl methyl sites for hydroxylation is 1. The number of ether oxygens (including phenoxy) is 1. The number of nitrogens with zero attached hydrogens (tertiary/aromatic N) is 2. The lowest BCUT2D eigenvalue weighted by Gasteiger charge is -2.27. The molecule has 1 aliphatic rings. The van der Waals surface area contributed by atoms with Crippen LogP contribution in [0.15, 0.2) is 28.8 Å². The Morgan fingerprint density at radius 1 is 1.30 bits per heavy atom. The highest BCUT2D eigenvalue weighted by atomic mass is 16.5. The maximum Gasteiger partial charge on any atom is 0.320 e. The van der Waals surface area contributed by atoms with Crippen molar-refractivity contribution in [2.24, 2.45) is 0 Å². The number of methoxy groups -OCH3 is 1. The summed E-state index contributed by atoms with van der Waals surface area (Å²) in [6.07, 6.45) is 3.63. The lowest BCUT2D eigenvalue weighted by molar-refractivity contribution is 0.232. The quantitative estimate of drug-likeness (QED) is 0.905. The van der Waals surface area contributed by atoms with Gasteiger partial charge in [-0.2, -0.15) is 4.98 Å². The van der Waals surface area contributed by atoms with Gasteiger partial charge in [-0.25, -0.2) is 4.79 Å². The third-order valence-corrected chi connectivity index (χ3v) is 4.12. The van der Waals surface area contributed by atoms with Gasteiger partial charge >= 0.3 is 6.03 Å². The van der Waals surface area contributed by atoms with E-state index in [0.29, 0.717) is 23.2 Å². The SMILES string of the molecule is COc1ccccc1NC(=O)NC1(c2noc(C)n2)CCCC1. The summed E-state index contributed by atoms with van der Waals surface area (Å²) in [5.74, 6) is 1.65.